The number of carbonyl (C=O) groups is 1. The van der Waals surface area contributed by atoms with E-state index in [2.05, 4.69) is 24.1 Å². The highest BCUT2D eigenvalue weighted by Crippen LogP contribution is 2.61. The Kier molecular flexibility index (Phi) is 3.59. The first-order chi connectivity index (χ1) is 9.20. The highest BCUT2D eigenvalue weighted by atomic mass is 16.2. The van der Waals surface area contributed by atoms with Gasteiger partial charge >= 0.3 is 0 Å². The lowest BCUT2D eigenvalue weighted by atomic mass is 9.99. The fraction of sp³-hybridized carbons (Fsp3) is 0.938. The number of nitrogens with one attached hydrogen (secondary N) is 1. The second-order valence-corrected chi connectivity index (χ2v) is 6.92. The van der Waals surface area contributed by atoms with Gasteiger partial charge in [0.25, 0.3) is 0 Å². The molecule has 1 saturated heterocycles. The molecular weight excluding hydrogens is 236 g/mol. The minimum Gasteiger partial charge on any atom is -0.325 e. The van der Waals surface area contributed by atoms with E-state index >= 15 is 0 Å². The number of amides is 1. The van der Waals surface area contributed by atoms with Crippen LogP contribution in [-0.4, -0.2) is 29.6 Å². The summed E-state index contributed by atoms with van der Waals surface area (Å²) in [6, 6.07) is 0.0940. The Morgan fingerprint density at radius 1 is 1.21 bits per heavy atom. The number of carbonyl (C=O) groups excluding carboxylic acids is 1. The summed E-state index contributed by atoms with van der Waals surface area (Å²) in [6.45, 7) is 5.42. The maximum atomic E-state index is 12.6. The van der Waals surface area contributed by atoms with E-state index < -0.39 is 0 Å². The van der Waals surface area contributed by atoms with Crippen molar-refractivity contribution < 1.29 is 4.79 Å². The fourth-order valence-corrected chi connectivity index (χ4v) is 3.83. The van der Waals surface area contributed by atoms with Gasteiger partial charge in [0.15, 0.2) is 0 Å². The second-order valence-electron chi connectivity index (χ2n) is 6.92. The zero-order valence-electron chi connectivity index (χ0n) is 12.5. The van der Waals surface area contributed by atoms with Gasteiger partial charge in [0.2, 0.25) is 5.91 Å². The Morgan fingerprint density at radius 3 is 2.42 bits per heavy atom. The van der Waals surface area contributed by atoms with Gasteiger partial charge in [-0.1, -0.05) is 26.7 Å². The van der Waals surface area contributed by atoms with Crippen molar-refractivity contribution in [2.45, 2.75) is 77.4 Å². The van der Waals surface area contributed by atoms with Crippen molar-refractivity contribution in [1.82, 2.24) is 10.2 Å². The van der Waals surface area contributed by atoms with E-state index in [0.29, 0.717) is 17.5 Å². The molecule has 0 aromatic rings. The van der Waals surface area contributed by atoms with Crippen LogP contribution in [0.3, 0.4) is 0 Å². The summed E-state index contributed by atoms with van der Waals surface area (Å²) in [7, 11) is 0. The molecule has 3 fully saturated rings. The lowest BCUT2D eigenvalue weighted by Gasteiger charge is -2.28. The zero-order valence-corrected chi connectivity index (χ0v) is 12.5. The third-order valence-corrected chi connectivity index (χ3v) is 5.31. The normalized spacial score (nSPS) is 32.9. The van der Waals surface area contributed by atoms with Crippen molar-refractivity contribution in [3.05, 3.63) is 0 Å². The average Bonchev–Trinajstić information content (AvgIpc) is 3.26. The molecule has 1 amide bonds. The first kappa shape index (κ1) is 13.4. The maximum Gasteiger partial charge on any atom is 0.241 e. The third kappa shape index (κ3) is 2.54. The van der Waals surface area contributed by atoms with Crippen LogP contribution in [0.25, 0.3) is 0 Å². The molecule has 1 aliphatic heterocycles. The van der Waals surface area contributed by atoms with Crippen molar-refractivity contribution in [2.24, 2.45) is 11.3 Å². The van der Waals surface area contributed by atoms with E-state index in [-0.39, 0.29) is 6.04 Å². The SMILES string of the molecule is CCCC1NC(CCC)N(CC2(C3CC3)CC2)C1=O. The topological polar surface area (TPSA) is 32.3 Å². The predicted molar refractivity (Wildman–Crippen MR) is 76.6 cm³/mol. The van der Waals surface area contributed by atoms with E-state index in [9.17, 15) is 4.79 Å². The summed E-state index contributed by atoms with van der Waals surface area (Å²) in [4.78, 5) is 14.8. The van der Waals surface area contributed by atoms with Gasteiger partial charge in [-0.2, -0.15) is 0 Å². The fourth-order valence-electron chi connectivity index (χ4n) is 3.83. The largest absolute Gasteiger partial charge is 0.325 e. The van der Waals surface area contributed by atoms with E-state index in [4.69, 9.17) is 0 Å². The van der Waals surface area contributed by atoms with Crippen LogP contribution in [0.15, 0.2) is 0 Å². The van der Waals surface area contributed by atoms with Gasteiger partial charge in [-0.3, -0.25) is 10.1 Å². The van der Waals surface area contributed by atoms with Gasteiger partial charge in [0.1, 0.15) is 0 Å². The van der Waals surface area contributed by atoms with Gasteiger partial charge in [-0.05, 0) is 49.9 Å². The molecule has 3 aliphatic rings. The molecule has 2 aliphatic carbocycles. The van der Waals surface area contributed by atoms with Crippen molar-refractivity contribution >= 4 is 5.91 Å². The lowest BCUT2D eigenvalue weighted by Crippen LogP contribution is -2.41. The summed E-state index contributed by atoms with van der Waals surface area (Å²) < 4.78 is 0. The van der Waals surface area contributed by atoms with Crippen molar-refractivity contribution in [1.29, 1.82) is 0 Å². The molecule has 2 saturated carbocycles. The third-order valence-electron chi connectivity index (χ3n) is 5.31. The molecule has 0 radical (unpaired) electrons. The number of rotatable bonds is 7. The Balaban J connectivity index is 1.67. The van der Waals surface area contributed by atoms with Crippen LogP contribution in [0, 0.1) is 11.3 Å². The molecule has 1 N–H and O–H groups in total. The van der Waals surface area contributed by atoms with Crippen LogP contribution in [0.5, 0.6) is 0 Å². The molecule has 3 heteroatoms. The highest BCUT2D eigenvalue weighted by molar-refractivity contribution is 5.84. The molecule has 108 valence electrons. The van der Waals surface area contributed by atoms with Crippen LogP contribution >= 0.6 is 0 Å². The lowest BCUT2D eigenvalue weighted by molar-refractivity contribution is -0.131. The predicted octanol–water partition coefficient (Wildman–Crippen LogP) is 2.90. The first-order valence-electron chi connectivity index (χ1n) is 8.26. The van der Waals surface area contributed by atoms with Crippen LogP contribution in [0.4, 0.5) is 0 Å². The Morgan fingerprint density at radius 2 is 1.89 bits per heavy atom. The Bertz CT molecular complexity index is 347. The van der Waals surface area contributed by atoms with Crippen LogP contribution in [0.2, 0.25) is 0 Å². The quantitative estimate of drug-likeness (QED) is 0.767. The van der Waals surface area contributed by atoms with Gasteiger partial charge in [-0.25, -0.2) is 0 Å². The number of hydrogen-bond acceptors (Lipinski definition) is 2. The van der Waals surface area contributed by atoms with Crippen molar-refractivity contribution in [3.8, 4) is 0 Å². The molecule has 3 rings (SSSR count). The summed E-state index contributed by atoms with van der Waals surface area (Å²) >= 11 is 0. The van der Waals surface area contributed by atoms with Crippen LogP contribution < -0.4 is 5.32 Å². The van der Waals surface area contributed by atoms with E-state index in [1.807, 2.05) is 0 Å². The van der Waals surface area contributed by atoms with Crippen LogP contribution in [0.1, 0.15) is 65.2 Å². The zero-order chi connectivity index (χ0) is 13.5. The van der Waals surface area contributed by atoms with Crippen molar-refractivity contribution in [2.75, 3.05) is 6.54 Å². The summed E-state index contributed by atoms with van der Waals surface area (Å²) in [5, 5.41) is 3.58. The van der Waals surface area contributed by atoms with E-state index in [0.717, 1.165) is 38.1 Å². The van der Waals surface area contributed by atoms with E-state index in [1.165, 1.54) is 25.7 Å². The van der Waals surface area contributed by atoms with E-state index in [1.54, 1.807) is 0 Å². The first-order valence-corrected chi connectivity index (χ1v) is 8.26. The summed E-state index contributed by atoms with van der Waals surface area (Å²) in [5.74, 6) is 1.32. The van der Waals surface area contributed by atoms with Crippen LogP contribution in [-0.2, 0) is 4.79 Å². The minimum atomic E-state index is 0.0940. The smallest absolute Gasteiger partial charge is 0.241 e. The van der Waals surface area contributed by atoms with Crippen molar-refractivity contribution in [3.63, 3.8) is 0 Å². The molecular formula is C16H28N2O. The highest BCUT2D eigenvalue weighted by Gasteiger charge is 2.56. The molecule has 1 heterocycles. The van der Waals surface area contributed by atoms with Gasteiger partial charge in [-0.15, -0.1) is 0 Å². The standard InChI is InChI=1S/C16H28N2O/c1-3-5-13-15(19)18(14(17-13)6-4-2)11-16(9-10-16)12-7-8-12/h12-14,17H,3-11H2,1-2H3. The van der Waals surface area contributed by atoms with Gasteiger partial charge in [0.05, 0.1) is 12.2 Å². The second kappa shape index (κ2) is 5.08. The number of hydrogen-bond donors (Lipinski definition) is 1. The summed E-state index contributed by atoms with van der Waals surface area (Å²) in [5.41, 5.74) is 0.532. The van der Waals surface area contributed by atoms with Gasteiger partial charge < -0.3 is 4.90 Å². The number of nitrogens with zero attached hydrogens (tertiary/aromatic N) is 1. The molecule has 3 nitrogen and oxygen atoms in total. The molecule has 2 unspecified atom stereocenters. The Labute approximate surface area is 117 Å². The average molecular weight is 264 g/mol. The summed E-state index contributed by atoms with van der Waals surface area (Å²) in [6.07, 6.45) is 10.2. The van der Waals surface area contributed by atoms with Gasteiger partial charge in [0, 0.05) is 6.54 Å². The molecule has 0 aromatic heterocycles. The Hall–Kier alpha value is -0.570. The molecule has 0 bridgehead atoms. The molecule has 2 atom stereocenters. The molecule has 0 spiro atoms. The maximum absolute atomic E-state index is 12.6. The minimum absolute atomic E-state index is 0.0940. The monoisotopic (exact) mass is 264 g/mol. The molecule has 0 aromatic carbocycles. The molecule has 19 heavy (non-hydrogen) atoms.